The number of carbonyl (C=O) groups is 1. The molecule has 6 nitrogen and oxygen atoms in total. The Bertz CT molecular complexity index is 482. The van der Waals surface area contributed by atoms with Crippen LogP contribution in [0, 0.1) is 0 Å². The quantitative estimate of drug-likeness (QED) is 0.826. The summed E-state index contributed by atoms with van der Waals surface area (Å²) in [4.78, 5) is 15.5. The van der Waals surface area contributed by atoms with Crippen molar-refractivity contribution in [2.75, 3.05) is 36.8 Å². The molecule has 0 bridgehead atoms. The molecule has 0 radical (unpaired) electrons. The van der Waals surface area contributed by atoms with Gasteiger partial charge in [-0.25, -0.2) is 0 Å². The number of anilines is 1. The molecule has 0 unspecified atom stereocenters. The normalized spacial score (nSPS) is 21.0. The summed E-state index contributed by atoms with van der Waals surface area (Å²) < 4.78 is 0.741. The van der Waals surface area contributed by atoms with Gasteiger partial charge in [-0.05, 0) is 12.8 Å². The van der Waals surface area contributed by atoms with E-state index in [0.29, 0.717) is 0 Å². The minimum absolute atomic E-state index is 0.0457. The Hall–Kier alpha value is -0.860. The van der Waals surface area contributed by atoms with E-state index in [4.69, 9.17) is 5.11 Å². The van der Waals surface area contributed by atoms with Crippen LogP contribution in [0.3, 0.4) is 0 Å². The minimum Gasteiger partial charge on any atom is -0.481 e. The smallest absolute Gasteiger partial charge is 0.313 e. The largest absolute Gasteiger partial charge is 0.481 e. The van der Waals surface area contributed by atoms with E-state index in [1.165, 1.54) is 48.8 Å². The van der Waals surface area contributed by atoms with Gasteiger partial charge >= 0.3 is 5.97 Å². The Labute approximate surface area is 132 Å². The van der Waals surface area contributed by atoms with Gasteiger partial charge in [0.1, 0.15) is 0 Å². The van der Waals surface area contributed by atoms with Crippen LogP contribution in [0.1, 0.15) is 25.7 Å². The lowest BCUT2D eigenvalue weighted by molar-refractivity contribution is -0.133. The number of thioether (sulfide) groups is 1. The first-order chi connectivity index (χ1) is 10.2. The fourth-order valence-electron chi connectivity index (χ4n) is 3.06. The van der Waals surface area contributed by atoms with Crippen LogP contribution < -0.4 is 4.90 Å². The highest BCUT2D eigenvalue weighted by molar-refractivity contribution is 8.01. The number of rotatable bonds is 5. The number of aliphatic carboxylic acids is 1. The SMILES string of the molecule is O=C(O)CSc1nnc(N2CCN(C3CCCC3)CC2)s1. The number of aromatic nitrogens is 2. The topological polar surface area (TPSA) is 69.6 Å². The van der Waals surface area contributed by atoms with Crippen LogP contribution in [-0.4, -0.2) is 64.1 Å². The lowest BCUT2D eigenvalue weighted by Crippen LogP contribution is -2.49. The van der Waals surface area contributed by atoms with Gasteiger partial charge in [-0.1, -0.05) is 35.9 Å². The summed E-state index contributed by atoms with van der Waals surface area (Å²) in [5, 5.41) is 17.9. The molecule has 0 atom stereocenters. The second-order valence-corrected chi connectivity index (χ2v) is 7.67. The average molecular weight is 328 g/mol. The van der Waals surface area contributed by atoms with E-state index in [1.54, 1.807) is 0 Å². The zero-order valence-electron chi connectivity index (χ0n) is 11.9. The summed E-state index contributed by atoms with van der Waals surface area (Å²) in [5.74, 6) is -0.772. The molecule has 1 saturated carbocycles. The predicted octanol–water partition coefficient (Wildman–Crippen LogP) is 1.78. The molecule has 21 heavy (non-hydrogen) atoms. The maximum absolute atomic E-state index is 10.6. The van der Waals surface area contributed by atoms with E-state index in [1.807, 2.05) is 0 Å². The van der Waals surface area contributed by atoms with E-state index in [-0.39, 0.29) is 5.75 Å². The standard InChI is InChI=1S/C13H20N4O2S2/c18-11(19)9-20-13-15-14-12(21-13)17-7-5-16(6-8-17)10-3-1-2-4-10/h10H,1-9H2,(H,18,19). The lowest BCUT2D eigenvalue weighted by atomic mass is 10.2. The Morgan fingerprint density at radius 1 is 1.24 bits per heavy atom. The fourth-order valence-corrected chi connectivity index (χ4v) is 4.67. The number of piperazine rings is 1. The summed E-state index contributed by atoms with van der Waals surface area (Å²) in [6, 6.07) is 0.795. The molecule has 1 aromatic heterocycles. The third-order valence-corrected chi connectivity index (χ3v) is 6.24. The maximum Gasteiger partial charge on any atom is 0.313 e. The van der Waals surface area contributed by atoms with Gasteiger partial charge in [0.05, 0.1) is 5.75 Å². The summed E-state index contributed by atoms with van der Waals surface area (Å²) in [6.07, 6.45) is 5.47. The average Bonchev–Trinajstić information content (AvgIpc) is 3.17. The van der Waals surface area contributed by atoms with Crippen molar-refractivity contribution in [3.05, 3.63) is 0 Å². The Balaban J connectivity index is 1.50. The number of hydrogen-bond donors (Lipinski definition) is 1. The van der Waals surface area contributed by atoms with Crippen molar-refractivity contribution in [3.8, 4) is 0 Å². The van der Waals surface area contributed by atoms with Crippen molar-refractivity contribution in [2.45, 2.75) is 36.1 Å². The van der Waals surface area contributed by atoms with Crippen LogP contribution in [0.15, 0.2) is 4.34 Å². The minimum atomic E-state index is -0.818. The molecule has 0 spiro atoms. The first kappa shape index (κ1) is 15.1. The number of carboxylic acids is 1. The first-order valence-corrected chi connectivity index (χ1v) is 9.19. The molecule has 1 aliphatic heterocycles. The Morgan fingerprint density at radius 2 is 1.95 bits per heavy atom. The van der Waals surface area contributed by atoms with Gasteiger partial charge < -0.3 is 10.0 Å². The lowest BCUT2D eigenvalue weighted by Gasteiger charge is -2.37. The molecular formula is C13H20N4O2S2. The van der Waals surface area contributed by atoms with Crippen LogP contribution >= 0.6 is 23.1 Å². The van der Waals surface area contributed by atoms with Gasteiger partial charge in [0.15, 0.2) is 4.34 Å². The van der Waals surface area contributed by atoms with Crippen molar-refractivity contribution in [2.24, 2.45) is 0 Å². The van der Waals surface area contributed by atoms with Crippen molar-refractivity contribution >= 4 is 34.2 Å². The van der Waals surface area contributed by atoms with E-state index in [2.05, 4.69) is 20.0 Å². The Kier molecular flexibility index (Phi) is 4.97. The molecule has 2 heterocycles. The van der Waals surface area contributed by atoms with Gasteiger partial charge in [0, 0.05) is 32.2 Å². The van der Waals surface area contributed by atoms with Crippen LogP contribution in [0.4, 0.5) is 5.13 Å². The highest BCUT2D eigenvalue weighted by Crippen LogP contribution is 2.30. The molecular weight excluding hydrogens is 308 g/mol. The zero-order valence-corrected chi connectivity index (χ0v) is 13.5. The number of nitrogens with zero attached hydrogens (tertiary/aromatic N) is 4. The maximum atomic E-state index is 10.6. The second kappa shape index (κ2) is 6.93. The molecule has 1 aliphatic carbocycles. The van der Waals surface area contributed by atoms with Crippen molar-refractivity contribution in [3.63, 3.8) is 0 Å². The van der Waals surface area contributed by atoms with Crippen LogP contribution in [0.5, 0.6) is 0 Å². The van der Waals surface area contributed by atoms with E-state index in [0.717, 1.165) is 41.7 Å². The summed E-state index contributed by atoms with van der Waals surface area (Å²) in [5.41, 5.74) is 0. The monoisotopic (exact) mass is 328 g/mol. The van der Waals surface area contributed by atoms with Crippen LogP contribution in [0.25, 0.3) is 0 Å². The molecule has 0 aromatic carbocycles. The molecule has 2 fully saturated rings. The Morgan fingerprint density at radius 3 is 2.62 bits per heavy atom. The highest BCUT2D eigenvalue weighted by Gasteiger charge is 2.27. The molecule has 8 heteroatoms. The highest BCUT2D eigenvalue weighted by atomic mass is 32.2. The van der Waals surface area contributed by atoms with Gasteiger partial charge in [-0.2, -0.15) is 0 Å². The summed E-state index contributed by atoms with van der Waals surface area (Å²) in [6.45, 7) is 4.19. The van der Waals surface area contributed by atoms with Gasteiger partial charge in [0.25, 0.3) is 0 Å². The fraction of sp³-hybridized carbons (Fsp3) is 0.769. The molecule has 2 aliphatic rings. The second-order valence-electron chi connectivity index (χ2n) is 5.49. The predicted molar refractivity (Wildman–Crippen MR) is 84.3 cm³/mol. The van der Waals surface area contributed by atoms with Crippen LogP contribution in [0.2, 0.25) is 0 Å². The summed E-state index contributed by atoms with van der Waals surface area (Å²) >= 11 is 2.74. The molecule has 0 amide bonds. The molecule has 116 valence electrons. The number of carboxylic acid groups (broad SMARTS) is 1. The zero-order chi connectivity index (χ0) is 14.7. The van der Waals surface area contributed by atoms with Crippen molar-refractivity contribution in [1.29, 1.82) is 0 Å². The van der Waals surface area contributed by atoms with E-state index in [9.17, 15) is 4.79 Å². The van der Waals surface area contributed by atoms with Crippen molar-refractivity contribution < 1.29 is 9.90 Å². The van der Waals surface area contributed by atoms with Gasteiger partial charge in [-0.15, -0.1) is 10.2 Å². The number of hydrogen-bond acceptors (Lipinski definition) is 7. The van der Waals surface area contributed by atoms with Gasteiger partial charge in [0.2, 0.25) is 5.13 Å². The molecule has 1 saturated heterocycles. The van der Waals surface area contributed by atoms with Crippen molar-refractivity contribution in [1.82, 2.24) is 15.1 Å². The van der Waals surface area contributed by atoms with Gasteiger partial charge in [-0.3, -0.25) is 9.69 Å². The molecule has 1 aromatic rings. The molecule has 3 rings (SSSR count). The van der Waals surface area contributed by atoms with Crippen LogP contribution in [-0.2, 0) is 4.79 Å². The van der Waals surface area contributed by atoms with E-state index < -0.39 is 5.97 Å². The summed E-state index contributed by atoms with van der Waals surface area (Å²) in [7, 11) is 0. The molecule has 1 N–H and O–H groups in total. The first-order valence-electron chi connectivity index (χ1n) is 7.39. The van der Waals surface area contributed by atoms with E-state index >= 15 is 0 Å². The third-order valence-electron chi connectivity index (χ3n) is 4.14. The third kappa shape index (κ3) is 3.87.